The minimum Gasteiger partial charge on any atom is -0.368 e. The van der Waals surface area contributed by atoms with Crippen molar-refractivity contribution < 1.29 is 9.53 Å². The molecule has 110 valence electrons. The predicted octanol–water partition coefficient (Wildman–Crippen LogP) is 1.79. The van der Waals surface area contributed by atoms with Gasteiger partial charge in [-0.1, -0.05) is 12.8 Å². The van der Waals surface area contributed by atoms with Gasteiger partial charge in [0.15, 0.2) is 0 Å². The first-order valence-corrected chi connectivity index (χ1v) is 7.83. The molecule has 1 aliphatic carbocycles. The van der Waals surface area contributed by atoms with Crippen molar-refractivity contribution in [2.75, 3.05) is 33.3 Å². The molecule has 1 saturated heterocycles. The van der Waals surface area contributed by atoms with E-state index in [0.29, 0.717) is 12.7 Å². The number of likely N-dealkylation sites (tertiary alicyclic amines) is 1. The smallest absolute Gasteiger partial charge is 0.248 e. The van der Waals surface area contributed by atoms with Gasteiger partial charge in [0.25, 0.3) is 0 Å². The van der Waals surface area contributed by atoms with Gasteiger partial charge >= 0.3 is 0 Å². The molecule has 1 N–H and O–H groups in total. The average molecular weight is 268 g/mol. The maximum Gasteiger partial charge on any atom is 0.248 e. The number of piperidine rings is 1. The molecule has 0 radical (unpaired) electrons. The molecular formula is C15H28N2O2. The molecule has 2 fully saturated rings. The Morgan fingerprint density at radius 1 is 1.21 bits per heavy atom. The first-order valence-electron chi connectivity index (χ1n) is 7.83. The molecule has 0 spiro atoms. The second-order valence-corrected chi connectivity index (χ2v) is 5.93. The number of nitrogens with zero attached hydrogens (tertiary/aromatic N) is 1. The molecule has 1 amide bonds. The Labute approximate surface area is 116 Å². The van der Waals surface area contributed by atoms with Gasteiger partial charge in [-0.3, -0.25) is 4.79 Å². The molecule has 0 aromatic carbocycles. The first kappa shape index (κ1) is 14.8. The fraction of sp³-hybridized carbons (Fsp3) is 0.933. The van der Waals surface area contributed by atoms with Crippen LogP contribution in [-0.4, -0.2) is 50.2 Å². The SMILES string of the molecule is CNCCC1CCN(C(=O)COC2CCCC2)CC1. The average Bonchev–Trinajstić information content (AvgIpc) is 2.96. The van der Waals surface area contributed by atoms with E-state index in [9.17, 15) is 4.79 Å². The fourth-order valence-corrected chi connectivity index (χ4v) is 3.15. The molecule has 1 heterocycles. The Bertz CT molecular complexity index is 269. The maximum atomic E-state index is 12.1. The minimum absolute atomic E-state index is 0.193. The summed E-state index contributed by atoms with van der Waals surface area (Å²) >= 11 is 0. The molecule has 0 bridgehead atoms. The third-order valence-electron chi connectivity index (χ3n) is 4.51. The Balaban J connectivity index is 1.61. The van der Waals surface area contributed by atoms with Crippen molar-refractivity contribution in [1.29, 1.82) is 0 Å². The number of rotatable bonds is 6. The van der Waals surface area contributed by atoms with Crippen LogP contribution in [0.2, 0.25) is 0 Å². The lowest BCUT2D eigenvalue weighted by Crippen LogP contribution is -2.41. The van der Waals surface area contributed by atoms with Crippen molar-refractivity contribution in [3.05, 3.63) is 0 Å². The lowest BCUT2D eigenvalue weighted by molar-refractivity contribution is -0.139. The molecule has 1 saturated carbocycles. The van der Waals surface area contributed by atoms with Crippen LogP contribution in [0.3, 0.4) is 0 Å². The third-order valence-corrected chi connectivity index (χ3v) is 4.51. The highest BCUT2D eigenvalue weighted by molar-refractivity contribution is 5.77. The summed E-state index contributed by atoms with van der Waals surface area (Å²) in [5.41, 5.74) is 0. The highest BCUT2D eigenvalue weighted by Gasteiger charge is 2.23. The summed E-state index contributed by atoms with van der Waals surface area (Å²) in [5.74, 6) is 0.978. The molecule has 19 heavy (non-hydrogen) atoms. The van der Waals surface area contributed by atoms with E-state index in [-0.39, 0.29) is 5.91 Å². The van der Waals surface area contributed by atoms with Gasteiger partial charge in [-0.15, -0.1) is 0 Å². The number of amides is 1. The number of carbonyl (C=O) groups excluding carboxylic acids is 1. The number of ether oxygens (including phenoxy) is 1. The zero-order valence-corrected chi connectivity index (χ0v) is 12.2. The van der Waals surface area contributed by atoms with E-state index in [2.05, 4.69) is 5.32 Å². The van der Waals surface area contributed by atoms with Crippen LogP contribution in [0.1, 0.15) is 44.9 Å². The normalized spacial score (nSPS) is 22.1. The molecule has 0 unspecified atom stereocenters. The molecule has 2 rings (SSSR count). The second-order valence-electron chi connectivity index (χ2n) is 5.93. The van der Waals surface area contributed by atoms with E-state index in [4.69, 9.17) is 4.74 Å². The van der Waals surface area contributed by atoms with Gasteiger partial charge < -0.3 is 15.0 Å². The molecule has 4 heteroatoms. The van der Waals surface area contributed by atoms with Crippen molar-refractivity contribution in [2.24, 2.45) is 5.92 Å². The Morgan fingerprint density at radius 3 is 2.53 bits per heavy atom. The number of nitrogens with one attached hydrogen (secondary N) is 1. The van der Waals surface area contributed by atoms with E-state index in [1.807, 2.05) is 11.9 Å². The second kappa shape index (κ2) is 7.85. The molecule has 0 aromatic heterocycles. The van der Waals surface area contributed by atoms with Gasteiger partial charge in [0.05, 0.1) is 6.10 Å². The summed E-state index contributed by atoms with van der Waals surface area (Å²) in [5, 5.41) is 3.20. The van der Waals surface area contributed by atoms with Crippen LogP contribution in [-0.2, 0) is 9.53 Å². The molecular weight excluding hydrogens is 240 g/mol. The summed E-state index contributed by atoms with van der Waals surface area (Å²) in [6, 6.07) is 0. The van der Waals surface area contributed by atoms with Crippen molar-refractivity contribution in [2.45, 2.75) is 51.0 Å². The van der Waals surface area contributed by atoms with Gasteiger partial charge in [0, 0.05) is 13.1 Å². The highest BCUT2D eigenvalue weighted by atomic mass is 16.5. The molecule has 0 atom stereocenters. The number of hydrogen-bond acceptors (Lipinski definition) is 3. The Hall–Kier alpha value is -0.610. The third kappa shape index (κ3) is 4.77. The zero-order valence-electron chi connectivity index (χ0n) is 12.2. The largest absolute Gasteiger partial charge is 0.368 e. The summed E-state index contributed by atoms with van der Waals surface area (Å²) in [6.07, 6.45) is 8.67. The summed E-state index contributed by atoms with van der Waals surface area (Å²) in [6.45, 7) is 3.22. The van der Waals surface area contributed by atoms with Crippen molar-refractivity contribution >= 4 is 5.91 Å². The summed E-state index contributed by atoms with van der Waals surface area (Å²) in [7, 11) is 2.00. The monoisotopic (exact) mass is 268 g/mol. The molecule has 4 nitrogen and oxygen atoms in total. The lowest BCUT2D eigenvalue weighted by atomic mass is 9.93. The molecule has 0 aromatic rings. The van der Waals surface area contributed by atoms with Crippen LogP contribution >= 0.6 is 0 Å². The standard InChI is InChI=1S/C15H28N2O2/c1-16-9-6-13-7-10-17(11-8-13)15(18)12-19-14-4-2-3-5-14/h13-14,16H,2-12H2,1H3. The van der Waals surface area contributed by atoms with Crippen LogP contribution in [0.5, 0.6) is 0 Å². The van der Waals surface area contributed by atoms with Crippen molar-refractivity contribution in [3.8, 4) is 0 Å². The van der Waals surface area contributed by atoms with E-state index < -0.39 is 0 Å². The van der Waals surface area contributed by atoms with E-state index >= 15 is 0 Å². The van der Waals surface area contributed by atoms with Crippen molar-refractivity contribution in [1.82, 2.24) is 10.2 Å². The fourth-order valence-electron chi connectivity index (χ4n) is 3.15. The highest BCUT2D eigenvalue weighted by Crippen LogP contribution is 2.22. The Morgan fingerprint density at radius 2 is 1.89 bits per heavy atom. The number of carbonyl (C=O) groups is 1. The van der Waals surface area contributed by atoms with Crippen molar-refractivity contribution in [3.63, 3.8) is 0 Å². The van der Waals surface area contributed by atoms with Gasteiger partial charge in [0.2, 0.25) is 5.91 Å². The van der Waals surface area contributed by atoms with E-state index in [0.717, 1.165) is 51.2 Å². The predicted molar refractivity (Wildman–Crippen MR) is 76.1 cm³/mol. The zero-order chi connectivity index (χ0) is 13.5. The summed E-state index contributed by atoms with van der Waals surface area (Å²) in [4.78, 5) is 14.1. The summed E-state index contributed by atoms with van der Waals surface area (Å²) < 4.78 is 5.71. The van der Waals surface area contributed by atoms with E-state index in [1.54, 1.807) is 0 Å². The number of hydrogen-bond donors (Lipinski definition) is 1. The quantitative estimate of drug-likeness (QED) is 0.798. The first-order chi connectivity index (χ1) is 9.29. The topological polar surface area (TPSA) is 41.6 Å². The van der Waals surface area contributed by atoms with Crippen LogP contribution in [0.15, 0.2) is 0 Å². The van der Waals surface area contributed by atoms with Gasteiger partial charge in [-0.2, -0.15) is 0 Å². The van der Waals surface area contributed by atoms with Crippen LogP contribution in [0.4, 0.5) is 0 Å². The van der Waals surface area contributed by atoms with Crippen LogP contribution < -0.4 is 5.32 Å². The Kier molecular flexibility index (Phi) is 6.11. The molecule has 2 aliphatic rings. The van der Waals surface area contributed by atoms with E-state index in [1.165, 1.54) is 19.3 Å². The molecule has 1 aliphatic heterocycles. The van der Waals surface area contributed by atoms with Gasteiger partial charge in [-0.05, 0) is 51.6 Å². The minimum atomic E-state index is 0.193. The van der Waals surface area contributed by atoms with Gasteiger partial charge in [-0.25, -0.2) is 0 Å². The van der Waals surface area contributed by atoms with Crippen LogP contribution in [0.25, 0.3) is 0 Å². The maximum absolute atomic E-state index is 12.1. The lowest BCUT2D eigenvalue weighted by Gasteiger charge is -2.32. The van der Waals surface area contributed by atoms with Gasteiger partial charge in [0.1, 0.15) is 6.61 Å². The van der Waals surface area contributed by atoms with Crippen LogP contribution in [0, 0.1) is 5.92 Å².